The van der Waals surface area contributed by atoms with E-state index in [2.05, 4.69) is 163 Å². The van der Waals surface area contributed by atoms with Gasteiger partial charge in [-0.25, -0.2) is 11.0 Å². The van der Waals surface area contributed by atoms with Crippen LogP contribution in [0.2, 0.25) is 0 Å². The molecule has 0 heterocycles. The van der Waals surface area contributed by atoms with E-state index in [0.29, 0.717) is 54.9 Å². The molecule has 12 fully saturated rings. The number of fused-ring (bicyclic) bond motifs is 20. The molecule has 0 unspecified atom stereocenters. The Labute approximate surface area is 773 Å². The van der Waals surface area contributed by atoms with Gasteiger partial charge in [0.15, 0.2) is 19.9 Å². The van der Waals surface area contributed by atoms with Crippen LogP contribution >= 0.6 is 0 Å². The Morgan fingerprint density at radius 3 is 0.898 bits per heavy atom. The van der Waals surface area contributed by atoms with E-state index in [0.717, 1.165) is 198 Å². The number of Topliss-reactive ketones (excluding diaryl/α,β-unsaturated/α-hetero) is 1. The van der Waals surface area contributed by atoms with Crippen LogP contribution in [0.15, 0.2) is 46.6 Å². The summed E-state index contributed by atoms with van der Waals surface area (Å²) in [6, 6.07) is 0. The molecule has 6 N–H and O–H groups in total. The maximum absolute atomic E-state index is 12.1. The second-order valence-electron chi connectivity index (χ2n) is 49.5. The summed E-state index contributed by atoms with van der Waals surface area (Å²) in [7, 11) is 6.43. The molecule has 15 heteroatoms. The minimum atomic E-state index is 0. The van der Waals surface area contributed by atoms with E-state index in [-0.39, 0.29) is 4.70 Å². The highest BCUT2D eigenvalue weighted by atomic mass is 20.0. The summed E-state index contributed by atoms with van der Waals surface area (Å²) in [6.07, 6.45) is 68.0. The van der Waals surface area contributed by atoms with Crippen LogP contribution in [0.25, 0.3) is 0 Å². The minimum absolute atomic E-state index is 0. The molecule has 16 rings (SSSR count). The summed E-state index contributed by atoms with van der Waals surface area (Å²) < 4.78 is 34.7. The molecule has 0 aliphatic heterocycles. The number of carbonyl (C=O) groups excluding carboxylic acids is 2. The van der Waals surface area contributed by atoms with Gasteiger partial charge in [-0.2, -0.15) is 0 Å². The quantitative estimate of drug-likeness (QED) is 0.0232. The average Bonchev–Trinajstić information content (AvgIpc) is 1.71. The van der Waals surface area contributed by atoms with Crippen molar-refractivity contribution in [2.24, 2.45) is 185 Å². The third kappa shape index (κ3) is 23.4. The number of nitrogens with zero attached hydrogens (tertiary/aromatic N) is 2. The van der Waals surface area contributed by atoms with E-state index >= 15 is 0 Å². The summed E-state index contributed by atoms with van der Waals surface area (Å²) in [5.41, 5.74) is 15.8. The fourth-order valence-electron chi connectivity index (χ4n) is 34.8. The number of halogens is 5. The third-order valence-corrected chi connectivity index (χ3v) is 41.5. The summed E-state index contributed by atoms with van der Waals surface area (Å²) in [5, 5.41) is 34.6. The van der Waals surface area contributed by atoms with Crippen molar-refractivity contribution in [1.82, 2.24) is 11.0 Å². The van der Waals surface area contributed by atoms with Crippen LogP contribution in [-0.2, 0) is 9.59 Å². The Morgan fingerprint density at radius 1 is 0.346 bits per heavy atom. The first-order valence-corrected chi connectivity index (χ1v) is 53.0. The van der Waals surface area contributed by atoms with Crippen molar-refractivity contribution in [3.8, 4) is 0 Å². The lowest BCUT2D eigenvalue weighted by Gasteiger charge is -2.58. The molecule has 0 aromatic heterocycles. The van der Waals surface area contributed by atoms with Crippen molar-refractivity contribution < 1.29 is 62.9 Å². The van der Waals surface area contributed by atoms with E-state index in [1.54, 1.807) is 36.2 Å². The van der Waals surface area contributed by atoms with E-state index in [9.17, 15) is 20.0 Å². The van der Waals surface area contributed by atoms with Crippen molar-refractivity contribution in [1.29, 1.82) is 0 Å². The highest BCUT2D eigenvalue weighted by molar-refractivity contribution is 5.93. The highest BCUT2D eigenvalue weighted by Crippen LogP contribution is 2.73. The smallest absolute Gasteiger partial charge is 0.226 e. The van der Waals surface area contributed by atoms with Gasteiger partial charge >= 0.3 is 0 Å². The zero-order valence-electron chi connectivity index (χ0n) is 85.7. The van der Waals surface area contributed by atoms with Crippen molar-refractivity contribution in [3.05, 3.63) is 46.6 Å². The SMILES string of the molecule is CC(C)CCC[C@@H](C)[C@H]1CC[C@H]2[C@@H]3CC=C4CC(=O)CC[C@]4(C)[C@H]3CC[C@]12C.CC(C)CCC[C@@H](C)[C@H]1CC[C@H]2[C@@H]3CCC4=C/C(=[N+](/C)O)CC[C@]4(C)[C@H]3CC[C@]12C.CC(C)CCC[C@@H](C)[C@H]1CC[C@H]2[C@@H]3CCC4=C/C(=[N+](\C)O)CC[C@]4(C)[C@H]3CC[C@]12C.CC(C)CCC[C@@H](C)[C@H]1CC[C@H]2[C@@H]3CCC4=CC(=O)CC[C@]4(C)[C@H]3CC[C@]12C.CNO.CNO.F.FF.FF. The molecule has 16 aliphatic carbocycles. The van der Waals surface area contributed by atoms with E-state index < -0.39 is 0 Å². The first-order chi connectivity index (χ1) is 59.7. The molecule has 0 amide bonds. The molecule has 12 saturated carbocycles. The molecule has 127 heavy (non-hydrogen) atoms. The fourth-order valence-corrected chi connectivity index (χ4v) is 34.8. The van der Waals surface area contributed by atoms with Crippen molar-refractivity contribution in [2.75, 3.05) is 28.2 Å². The lowest BCUT2D eigenvalue weighted by molar-refractivity contribution is -0.754. The zero-order valence-corrected chi connectivity index (χ0v) is 85.7. The van der Waals surface area contributed by atoms with Crippen molar-refractivity contribution >= 4 is 23.0 Å². The average molecular weight is 1790 g/mol. The molecule has 0 aromatic carbocycles. The van der Waals surface area contributed by atoms with Crippen LogP contribution in [0.3, 0.4) is 0 Å². The van der Waals surface area contributed by atoms with E-state index in [4.69, 9.17) is 28.7 Å². The summed E-state index contributed by atoms with van der Waals surface area (Å²) in [4.78, 5) is 24.1. The molecule has 0 aromatic rings. The first-order valence-electron chi connectivity index (χ1n) is 53.0. The van der Waals surface area contributed by atoms with Crippen LogP contribution < -0.4 is 11.0 Å². The predicted octanol–water partition coefficient (Wildman–Crippen LogP) is 31.2. The van der Waals surface area contributed by atoms with Crippen LogP contribution in [-0.4, -0.2) is 81.5 Å². The van der Waals surface area contributed by atoms with Crippen LogP contribution in [0, 0.1) is 185 Å². The Bertz CT molecular complexity index is 3550. The van der Waals surface area contributed by atoms with Crippen LogP contribution in [0.5, 0.6) is 0 Å². The lowest BCUT2D eigenvalue weighted by Crippen LogP contribution is -2.51. The van der Waals surface area contributed by atoms with Gasteiger partial charge in [-0.3, -0.25) is 24.7 Å². The monoisotopic (exact) mass is 1790 g/mol. The second kappa shape index (κ2) is 47.0. The topological polar surface area (TPSA) is 145 Å². The number of hydroxylamine groups is 4. The molecule has 0 saturated heterocycles. The molecule has 732 valence electrons. The highest BCUT2D eigenvalue weighted by Gasteiger charge is 2.65. The van der Waals surface area contributed by atoms with Gasteiger partial charge < -0.3 is 10.4 Å². The number of allylic oxidation sites excluding steroid dienone is 7. The Balaban J connectivity index is 0.000000202. The molecule has 0 bridgehead atoms. The summed E-state index contributed by atoms with van der Waals surface area (Å²) in [5.74, 6) is 22.5. The minimum Gasteiger partial charge on any atom is -0.317 e. The molecule has 0 radical (unpaired) electrons. The van der Waals surface area contributed by atoms with E-state index in [1.165, 1.54) is 272 Å². The zero-order chi connectivity index (χ0) is 93.0. The molecular formula is C112H195F5N4O6+2. The summed E-state index contributed by atoms with van der Waals surface area (Å²) >= 11 is 0. The lowest BCUT2D eigenvalue weighted by atomic mass is 9.46. The first kappa shape index (κ1) is 109. The number of rotatable bonds is 20. The second-order valence-corrected chi connectivity index (χ2v) is 49.5. The van der Waals surface area contributed by atoms with Gasteiger partial charge in [0.1, 0.15) is 5.78 Å². The van der Waals surface area contributed by atoms with Gasteiger partial charge in [-0.15, -0.1) is 0 Å². The normalized spacial score (nSPS) is 40.3. The van der Waals surface area contributed by atoms with Crippen molar-refractivity contribution in [3.63, 3.8) is 0 Å². The molecule has 0 spiro atoms. The van der Waals surface area contributed by atoms with E-state index in [1.807, 2.05) is 0 Å². The van der Waals surface area contributed by atoms with Crippen LogP contribution in [0.4, 0.5) is 23.0 Å². The molecule has 16 aliphatic rings. The fraction of sp³-hybridized carbons (Fsp3) is 0.893. The Morgan fingerprint density at radius 2 is 0.606 bits per heavy atom. The Hall–Kier alpha value is -3.27. The predicted molar refractivity (Wildman–Crippen MR) is 517 cm³/mol. The van der Waals surface area contributed by atoms with Gasteiger partial charge in [-0.1, -0.05) is 244 Å². The largest absolute Gasteiger partial charge is 0.317 e. The van der Waals surface area contributed by atoms with Gasteiger partial charge in [0.05, 0.1) is 0 Å². The maximum Gasteiger partial charge on any atom is 0.226 e. The molecular weight excluding hydrogens is 1590 g/mol. The molecule has 10 nitrogen and oxygen atoms in total. The number of nitrogens with one attached hydrogen (secondary N) is 2. The van der Waals surface area contributed by atoms with Gasteiger partial charge in [0.2, 0.25) is 11.4 Å². The maximum atomic E-state index is 12.1. The van der Waals surface area contributed by atoms with Gasteiger partial charge in [0.25, 0.3) is 0 Å². The Kier molecular flexibility index (Phi) is 40.3. The number of hydrogen-bond donors (Lipinski definition) is 6. The number of carbonyl (C=O) groups is 2. The number of ketones is 2. The van der Waals surface area contributed by atoms with Gasteiger partial charge in [0, 0.05) is 76.6 Å². The summed E-state index contributed by atoms with van der Waals surface area (Å²) in [6.45, 7) is 50.2. The van der Waals surface area contributed by atoms with Crippen molar-refractivity contribution in [2.45, 2.75) is 421 Å². The standard InChI is InChI=1S/2C28H48NO.2C27H44O.2CH5NO.2F2.FH/c2*1-19(2)8-7-9-20(3)24-12-13-25-23-11-10-21-18-22(29(6)30)14-16-27(21,4)26(23)15-17-28(24,25)5;2*1-18(2)7-6-8-19(3)23-11-12-24-22-10-9-20-17-21(28)13-15-26(20,4)25(22)14-16-27(23,24)5;2*1-2-3;2*1-2;/h2*18-20,23-26,30H,7-17H2,1-6H3;17-19,22-25H,6-16H2,1-5H3;9,18-19,22-25H,6-8,10-17H2,1-5H3;2*2-3H,1H3;;;1H/q2*+1;;;;;;;/b29-22+;29-22-;;;;;;;/t2*20-,23+,24-,25+,26+,27+,28-;2*19-,22+,23-,24+,25+,26+,27-;;;;;/m1111...../s1. The van der Waals surface area contributed by atoms with Crippen LogP contribution in [0.1, 0.15) is 421 Å². The van der Waals surface area contributed by atoms with Gasteiger partial charge in [-0.05, 0) is 374 Å². The molecule has 28 atom stereocenters. The third-order valence-electron chi connectivity index (χ3n) is 41.5. The number of hydrogen-bond acceptors (Lipinski definition) is 8.